The molecule has 0 aromatic carbocycles. The number of carboxylic acids is 1. The third-order valence-corrected chi connectivity index (χ3v) is 2.89. The number of carboxylic acid groups (broad SMARTS) is 1. The highest BCUT2D eigenvalue weighted by molar-refractivity contribution is 5.88. The van der Waals surface area contributed by atoms with Crippen LogP contribution in [-0.4, -0.2) is 40.6 Å². The molecular formula is C13H23N3O4. The minimum absolute atomic E-state index is 0.00282. The van der Waals surface area contributed by atoms with Crippen LogP contribution >= 0.6 is 0 Å². The molecule has 7 nitrogen and oxygen atoms in total. The van der Waals surface area contributed by atoms with Crippen molar-refractivity contribution in [2.45, 2.75) is 58.2 Å². The summed E-state index contributed by atoms with van der Waals surface area (Å²) in [6, 6.07) is -2.25. The summed E-state index contributed by atoms with van der Waals surface area (Å²) in [4.78, 5) is 34.5. The lowest BCUT2D eigenvalue weighted by molar-refractivity contribution is -0.139. The standard InChI is InChI=1S/C13H23N3O4/c1-7(10(17)16-13(2,3)4)14-12(20)15-9(11(18)19)8-5-6-8/h7-9H,5-6H2,1-4H3,(H,16,17)(H,18,19)(H2,14,15,20). The molecule has 114 valence electrons. The third-order valence-electron chi connectivity index (χ3n) is 2.89. The molecule has 2 atom stereocenters. The van der Waals surface area contributed by atoms with Crippen molar-refractivity contribution in [1.29, 1.82) is 0 Å². The number of urea groups is 1. The van der Waals surface area contributed by atoms with Crippen molar-refractivity contribution in [2.24, 2.45) is 5.92 Å². The molecule has 7 heteroatoms. The van der Waals surface area contributed by atoms with Gasteiger partial charge in [0, 0.05) is 5.54 Å². The molecule has 1 saturated carbocycles. The molecule has 3 amide bonds. The highest BCUT2D eigenvalue weighted by Crippen LogP contribution is 2.32. The predicted octanol–water partition coefficient (Wildman–Crippen LogP) is 0.452. The first-order chi connectivity index (χ1) is 9.10. The summed E-state index contributed by atoms with van der Waals surface area (Å²) < 4.78 is 0. The molecule has 0 aromatic rings. The van der Waals surface area contributed by atoms with Gasteiger partial charge in [-0.1, -0.05) is 0 Å². The lowest BCUT2D eigenvalue weighted by atomic mass is 10.1. The van der Waals surface area contributed by atoms with Crippen LogP contribution in [0.1, 0.15) is 40.5 Å². The van der Waals surface area contributed by atoms with E-state index in [1.807, 2.05) is 20.8 Å². The van der Waals surface area contributed by atoms with E-state index in [1.165, 1.54) is 0 Å². The van der Waals surface area contributed by atoms with Crippen molar-refractivity contribution in [3.05, 3.63) is 0 Å². The molecule has 0 radical (unpaired) electrons. The van der Waals surface area contributed by atoms with Crippen LogP contribution < -0.4 is 16.0 Å². The molecule has 0 aromatic heterocycles. The molecule has 0 heterocycles. The van der Waals surface area contributed by atoms with Crippen molar-refractivity contribution in [1.82, 2.24) is 16.0 Å². The van der Waals surface area contributed by atoms with E-state index in [-0.39, 0.29) is 17.4 Å². The first kappa shape index (κ1) is 16.3. The fourth-order valence-corrected chi connectivity index (χ4v) is 1.73. The summed E-state index contributed by atoms with van der Waals surface area (Å²) in [5.41, 5.74) is -0.388. The molecule has 4 N–H and O–H groups in total. The van der Waals surface area contributed by atoms with Crippen LogP contribution in [-0.2, 0) is 9.59 Å². The highest BCUT2D eigenvalue weighted by Gasteiger charge is 2.37. The van der Waals surface area contributed by atoms with Gasteiger partial charge in [0.25, 0.3) is 0 Å². The van der Waals surface area contributed by atoms with Gasteiger partial charge < -0.3 is 21.1 Å². The normalized spacial score (nSPS) is 17.8. The van der Waals surface area contributed by atoms with Gasteiger partial charge in [-0.2, -0.15) is 0 Å². The van der Waals surface area contributed by atoms with Gasteiger partial charge in [0.05, 0.1) is 0 Å². The number of aliphatic carboxylic acids is 1. The second-order valence-corrected chi connectivity index (χ2v) is 6.23. The van der Waals surface area contributed by atoms with Gasteiger partial charge in [-0.3, -0.25) is 4.79 Å². The summed E-state index contributed by atoms with van der Waals surface area (Å²) >= 11 is 0. The Kier molecular flexibility index (Phi) is 4.97. The third kappa shape index (κ3) is 5.46. The maximum absolute atomic E-state index is 11.8. The Morgan fingerprint density at radius 1 is 1.15 bits per heavy atom. The fourth-order valence-electron chi connectivity index (χ4n) is 1.73. The lowest BCUT2D eigenvalue weighted by Crippen LogP contribution is -2.55. The molecule has 0 spiro atoms. The predicted molar refractivity (Wildman–Crippen MR) is 73.2 cm³/mol. The minimum Gasteiger partial charge on any atom is -0.480 e. The van der Waals surface area contributed by atoms with Crippen LogP contribution in [0.5, 0.6) is 0 Å². The van der Waals surface area contributed by atoms with Gasteiger partial charge in [-0.25, -0.2) is 9.59 Å². The minimum atomic E-state index is -1.05. The zero-order valence-electron chi connectivity index (χ0n) is 12.3. The van der Waals surface area contributed by atoms with Crippen molar-refractivity contribution >= 4 is 17.9 Å². The molecule has 1 fully saturated rings. The Morgan fingerprint density at radius 2 is 1.70 bits per heavy atom. The number of amides is 3. The average Bonchev–Trinajstić information content (AvgIpc) is 3.06. The molecular weight excluding hydrogens is 262 g/mol. The summed E-state index contributed by atoms with van der Waals surface area (Å²) in [6.45, 7) is 7.06. The van der Waals surface area contributed by atoms with Gasteiger partial charge in [0.1, 0.15) is 12.1 Å². The van der Waals surface area contributed by atoms with Crippen molar-refractivity contribution in [3.63, 3.8) is 0 Å². The molecule has 1 aliphatic carbocycles. The van der Waals surface area contributed by atoms with E-state index in [0.717, 1.165) is 12.8 Å². The maximum atomic E-state index is 11.8. The van der Waals surface area contributed by atoms with E-state index < -0.39 is 24.1 Å². The highest BCUT2D eigenvalue weighted by atomic mass is 16.4. The van der Waals surface area contributed by atoms with Gasteiger partial charge in [0.15, 0.2) is 0 Å². The maximum Gasteiger partial charge on any atom is 0.326 e. The van der Waals surface area contributed by atoms with Crippen LogP contribution in [0.2, 0.25) is 0 Å². The van der Waals surface area contributed by atoms with Crippen LogP contribution in [0.4, 0.5) is 4.79 Å². The van der Waals surface area contributed by atoms with Crippen LogP contribution in [0.3, 0.4) is 0 Å². The lowest BCUT2D eigenvalue weighted by Gasteiger charge is -2.24. The quantitative estimate of drug-likeness (QED) is 0.588. The SMILES string of the molecule is CC(NC(=O)NC(C(=O)O)C1CC1)C(=O)NC(C)(C)C. The molecule has 0 aliphatic heterocycles. The zero-order chi connectivity index (χ0) is 15.5. The number of carbonyl (C=O) groups excluding carboxylic acids is 2. The average molecular weight is 285 g/mol. The fraction of sp³-hybridized carbons (Fsp3) is 0.769. The van der Waals surface area contributed by atoms with E-state index in [2.05, 4.69) is 16.0 Å². The Bertz CT molecular complexity index is 399. The van der Waals surface area contributed by atoms with Gasteiger partial charge in [-0.05, 0) is 46.5 Å². The van der Waals surface area contributed by atoms with Crippen LogP contribution in [0.25, 0.3) is 0 Å². The van der Waals surface area contributed by atoms with Crippen molar-refractivity contribution in [2.75, 3.05) is 0 Å². The Balaban J connectivity index is 2.44. The van der Waals surface area contributed by atoms with Crippen molar-refractivity contribution < 1.29 is 19.5 Å². The van der Waals surface area contributed by atoms with Gasteiger partial charge >= 0.3 is 12.0 Å². The molecule has 20 heavy (non-hydrogen) atoms. The largest absolute Gasteiger partial charge is 0.480 e. The van der Waals surface area contributed by atoms with E-state index in [9.17, 15) is 14.4 Å². The molecule has 0 bridgehead atoms. The summed E-state index contributed by atoms with van der Waals surface area (Å²) in [5, 5.41) is 16.6. The number of carbonyl (C=O) groups is 3. The molecule has 1 rings (SSSR count). The van der Waals surface area contributed by atoms with Crippen LogP contribution in [0.15, 0.2) is 0 Å². The second kappa shape index (κ2) is 6.11. The topological polar surface area (TPSA) is 108 Å². The monoisotopic (exact) mass is 285 g/mol. The Labute approximate surface area is 118 Å². The molecule has 1 aliphatic rings. The van der Waals surface area contributed by atoms with Gasteiger partial charge in [-0.15, -0.1) is 0 Å². The number of rotatable bonds is 5. The number of hydrogen-bond donors (Lipinski definition) is 4. The Morgan fingerprint density at radius 3 is 2.10 bits per heavy atom. The van der Waals surface area contributed by atoms with Crippen molar-refractivity contribution in [3.8, 4) is 0 Å². The number of nitrogens with one attached hydrogen (secondary N) is 3. The second-order valence-electron chi connectivity index (χ2n) is 6.23. The molecule has 0 saturated heterocycles. The van der Waals surface area contributed by atoms with E-state index in [0.29, 0.717) is 0 Å². The first-order valence-corrected chi connectivity index (χ1v) is 6.72. The zero-order valence-corrected chi connectivity index (χ0v) is 12.3. The Hall–Kier alpha value is -1.79. The number of hydrogen-bond acceptors (Lipinski definition) is 3. The smallest absolute Gasteiger partial charge is 0.326 e. The summed E-state index contributed by atoms with van der Waals surface area (Å²) in [5.74, 6) is -1.36. The van der Waals surface area contributed by atoms with Crippen LogP contribution in [0, 0.1) is 5.92 Å². The van der Waals surface area contributed by atoms with E-state index in [1.54, 1.807) is 6.92 Å². The molecule has 2 unspecified atom stereocenters. The summed E-state index contributed by atoms with van der Waals surface area (Å²) in [6.07, 6.45) is 1.61. The van der Waals surface area contributed by atoms with Gasteiger partial charge in [0.2, 0.25) is 5.91 Å². The first-order valence-electron chi connectivity index (χ1n) is 6.72. The van der Waals surface area contributed by atoms with E-state index in [4.69, 9.17) is 5.11 Å². The summed E-state index contributed by atoms with van der Waals surface area (Å²) in [7, 11) is 0. The van der Waals surface area contributed by atoms with E-state index >= 15 is 0 Å².